The van der Waals surface area contributed by atoms with E-state index in [1.807, 2.05) is 0 Å². The number of nitrogens with one attached hydrogen (secondary N) is 1. The maximum Gasteiger partial charge on any atom is 0.227 e. The van der Waals surface area contributed by atoms with Gasteiger partial charge in [0.05, 0.1) is 6.42 Å². The van der Waals surface area contributed by atoms with Crippen LogP contribution < -0.4 is 5.32 Å². The van der Waals surface area contributed by atoms with E-state index in [9.17, 15) is 4.79 Å². The summed E-state index contributed by atoms with van der Waals surface area (Å²) < 4.78 is 0. The number of fused-ring (bicyclic) bond motifs is 1. The van der Waals surface area contributed by atoms with Gasteiger partial charge in [0.25, 0.3) is 0 Å². The van der Waals surface area contributed by atoms with E-state index in [-0.39, 0.29) is 5.91 Å². The summed E-state index contributed by atoms with van der Waals surface area (Å²) >= 11 is 0. The minimum Gasteiger partial charge on any atom is -0.342 e. The van der Waals surface area contributed by atoms with Crippen LogP contribution in [0.3, 0.4) is 0 Å². The van der Waals surface area contributed by atoms with Gasteiger partial charge in [0.15, 0.2) is 0 Å². The molecule has 0 unspecified atom stereocenters. The highest BCUT2D eigenvalue weighted by atomic mass is 16.2. The summed E-state index contributed by atoms with van der Waals surface area (Å²) in [4.78, 5) is 17.1. The van der Waals surface area contributed by atoms with Gasteiger partial charge < -0.3 is 15.1 Å². The molecule has 4 nitrogen and oxygen atoms in total. The Balaban J connectivity index is 1.39. The van der Waals surface area contributed by atoms with Crippen LogP contribution in [-0.2, 0) is 11.2 Å². The second-order valence-electron chi connectivity index (χ2n) is 8.35. The fourth-order valence-corrected chi connectivity index (χ4v) is 4.09. The Morgan fingerprint density at radius 3 is 2.61 bits per heavy atom. The number of hydrogen-bond donors (Lipinski definition) is 1. The zero-order valence-electron chi connectivity index (χ0n) is 17.5. The number of likely N-dealkylation sites (tertiary alicyclic amines) is 1. The van der Waals surface area contributed by atoms with Crippen LogP contribution in [0.2, 0.25) is 0 Å². The molecule has 2 aromatic carbocycles. The molecule has 1 saturated heterocycles. The Hall–Kier alpha value is -1.91. The van der Waals surface area contributed by atoms with E-state index in [2.05, 4.69) is 71.7 Å². The molecule has 0 radical (unpaired) electrons. The highest BCUT2D eigenvalue weighted by molar-refractivity contribution is 5.90. The van der Waals surface area contributed by atoms with E-state index >= 15 is 0 Å². The summed E-state index contributed by atoms with van der Waals surface area (Å²) in [5.41, 5.74) is 1.14. The third-order valence-electron chi connectivity index (χ3n) is 5.83. The lowest BCUT2D eigenvalue weighted by Crippen LogP contribution is -2.41. The first-order valence-electron chi connectivity index (χ1n) is 10.7. The minimum absolute atomic E-state index is 0.270. The number of benzene rings is 2. The number of piperidine rings is 1. The molecule has 0 aliphatic carbocycles. The zero-order chi connectivity index (χ0) is 19.8. The Bertz CT molecular complexity index is 745. The highest BCUT2D eigenvalue weighted by Crippen LogP contribution is 2.21. The maximum atomic E-state index is 12.8. The molecule has 1 fully saturated rings. The lowest BCUT2D eigenvalue weighted by molar-refractivity contribution is -0.131. The third-order valence-corrected chi connectivity index (χ3v) is 5.83. The monoisotopic (exact) mass is 381 g/mol. The largest absolute Gasteiger partial charge is 0.342 e. The van der Waals surface area contributed by atoms with Crippen molar-refractivity contribution >= 4 is 16.7 Å². The van der Waals surface area contributed by atoms with Crippen molar-refractivity contribution in [3.05, 3.63) is 48.0 Å². The first kappa shape index (κ1) is 20.8. The number of carbonyl (C=O) groups excluding carboxylic acids is 1. The summed E-state index contributed by atoms with van der Waals surface area (Å²) in [6.45, 7) is 5.16. The number of unbranched alkanes of at least 4 members (excludes halogenated alkanes) is 1. The summed E-state index contributed by atoms with van der Waals surface area (Å²) in [6.07, 6.45) is 5.23. The predicted molar refractivity (Wildman–Crippen MR) is 118 cm³/mol. The molecule has 2 aromatic rings. The standard InChI is InChI=1S/C24H35N3O/c1-26(2)15-6-5-14-25-19-20-12-16-27(17-13-20)24(28)18-22-10-7-9-21-8-3-4-11-23(21)22/h3-4,7-11,20,25H,5-6,12-19H2,1-2H3. The van der Waals surface area contributed by atoms with Gasteiger partial charge in [0.1, 0.15) is 0 Å². The Labute approximate surface area is 169 Å². The van der Waals surface area contributed by atoms with Gasteiger partial charge in [0.2, 0.25) is 5.91 Å². The number of amides is 1. The topological polar surface area (TPSA) is 35.6 Å². The van der Waals surface area contributed by atoms with Gasteiger partial charge in [-0.2, -0.15) is 0 Å². The molecule has 28 heavy (non-hydrogen) atoms. The second-order valence-corrected chi connectivity index (χ2v) is 8.35. The molecule has 152 valence electrons. The van der Waals surface area contributed by atoms with Crippen LogP contribution in [0.15, 0.2) is 42.5 Å². The van der Waals surface area contributed by atoms with Gasteiger partial charge in [-0.1, -0.05) is 42.5 Å². The van der Waals surface area contributed by atoms with E-state index in [1.165, 1.54) is 30.2 Å². The first-order valence-corrected chi connectivity index (χ1v) is 10.7. The van der Waals surface area contributed by atoms with Crippen LogP contribution in [0.4, 0.5) is 0 Å². The molecule has 0 bridgehead atoms. The van der Waals surface area contributed by atoms with Crippen molar-refractivity contribution in [1.29, 1.82) is 0 Å². The fraction of sp³-hybridized carbons (Fsp3) is 0.542. The van der Waals surface area contributed by atoms with E-state index in [1.54, 1.807) is 0 Å². The zero-order valence-corrected chi connectivity index (χ0v) is 17.5. The average molecular weight is 382 g/mol. The summed E-state index contributed by atoms with van der Waals surface area (Å²) in [7, 11) is 4.26. The number of nitrogens with zero attached hydrogens (tertiary/aromatic N) is 2. The minimum atomic E-state index is 0.270. The van der Waals surface area contributed by atoms with Crippen molar-refractivity contribution < 1.29 is 4.79 Å². The quantitative estimate of drug-likeness (QED) is 0.675. The third kappa shape index (κ3) is 6.05. The molecule has 4 heteroatoms. The summed E-state index contributed by atoms with van der Waals surface area (Å²) in [6, 6.07) is 14.6. The molecule has 0 aromatic heterocycles. The molecular weight excluding hydrogens is 346 g/mol. The molecule has 1 aliphatic rings. The van der Waals surface area contributed by atoms with Crippen LogP contribution in [0.25, 0.3) is 10.8 Å². The van der Waals surface area contributed by atoms with E-state index in [0.717, 1.165) is 44.6 Å². The SMILES string of the molecule is CN(C)CCCCNCC1CCN(C(=O)Cc2cccc3ccccc23)CC1. The van der Waals surface area contributed by atoms with E-state index < -0.39 is 0 Å². The lowest BCUT2D eigenvalue weighted by Gasteiger charge is -2.32. The molecule has 0 spiro atoms. The molecule has 0 saturated carbocycles. The van der Waals surface area contributed by atoms with E-state index in [0.29, 0.717) is 12.3 Å². The van der Waals surface area contributed by atoms with Crippen molar-refractivity contribution in [2.45, 2.75) is 32.1 Å². The molecule has 3 rings (SSSR count). The van der Waals surface area contributed by atoms with Gasteiger partial charge in [-0.15, -0.1) is 0 Å². The lowest BCUT2D eigenvalue weighted by atomic mass is 9.95. The van der Waals surface area contributed by atoms with Crippen molar-refractivity contribution in [1.82, 2.24) is 15.1 Å². The number of hydrogen-bond acceptors (Lipinski definition) is 3. The van der Waals surface area contributed by atoms with E-state index in [4.69, 9.17) is 0 Å². The molecule has 1 amide bonds. The molecule has 1 heterocycles. The Kier molecular flexibility index (Phi) is 7.87. The van der Waals surface area contributed by atoms with Gasteiger partial charge >= 0.3 is 0 Å². The molecule has 1 N–H and O–H groups in total. The molecule has 1 aliphatic heterocycles. The maximum absolute atomic E-state index is 12.8. The van der Waals surface area contributed by atoms with Crippen molar-refractivity contribution in [3.8, 4) is 0 Å². The van der Waals surface area contributed by atoms with Crippen LogP contribution in [0, 0.1) is 5.92 Å². The van der Waals surface area contributed by atoms with Crippen molar-refractivity contribution in [2.24, 2.45) is 5.92 Å². The Morgan fingerprint density at radius 1 is 1.07 bits per heavy atom. The van der Waals surface area contributed by atoms with Crippen LogP contribution in [-0.4, -0.2) is 62.5 Å². The number of rotatable bonds is 9. The van der Waals surface area contributed by atoms with Gasteiger partial charge in [-0.05, 0) is 81.7 Å². The molecular formula is C24H35N3O. The smallest absolute Gasteiger partial charge is 0.227 e. The van der Waals surface area contributed by atoms with Gasteiger partial charge in [-0.25, -0.2) is 0 Å². The van der Waals surface area contributed by atoms with Crippen LogP contribution in [0.5, 0.6) is 0 Å². The first-order chi connectivity index (χ1) is 13.6. The summed E-state index contributed by atoms with van der Waals surface area (Å²) in [5, 5.41) is 6.02. The number of carbonyl (C=O) groups is 1. The second kappa shape index (κ2) is 10.6. The normalized spacial score (nSPS) is 15.5. The average Bonchev–Trinajstić information content (AvgIpc) is 2.71. The van der Waals surface area contributed by atoms with Crippen molar-refractivity contribution in [2.75, 3.05) is 46.8 Å². The van der Waals surface area contributed by atoms with Gasteiger partial charge in [-0.3, -0.25) is 4.79 Å². The Morgan fingerprint density at radius 2 is 1.82 bits per heavy atom. The van der Waals surface area contributed by atoms with Crippen molar-refractivity contribution in [3.63, 3.8) is 0 Å². The fourth-order valence-electron chi connectivity index (χ4n) is 4.09. The van der Waals surface area contributed by atoms with Gasteiger partial charge in [0, 0.05) is 13.1 Å². The predicted octanol–water partition coefficient (Wildman–Crippen LogP) is 3.55. The van der Waals surface area contributed by atoms with Crippen LogP contribution in [0.1, 0.15) is 31.2 Å². The highest BCUT2D eigenvalue weighted by Gasteiger charge is 2.22. The van der Waals surface area contributed by atoms with Crippen LogP contribution >= 0.6 is 0 Å². The summed E-state index contributed by atoms with van der Waals surface area (Å²) in [5.74, 6) is 0.974. The molecule has 0 atom stereocenters.